The molecule has 1 aromatic carbocycles. The van der Waals surface area contributed by atoms with Crippen LogP contribution >= 0.6 is 0 Å². The summed E-state index contributed by atoms with van der Waals surface area (Å²) >= 11 is 0. The maximum atomic E-state index is 11.7. The van der Waals surface area contributed by atoms with Crippen LogP contribution in [-0.4, -0.2) is 24.4 Å². The van der Waals surface area contributed by atoms with Gasteiger partial charge in [-0.2, -0.15) is 0 Å². The minimum absolute atomic E-state index is 0.0171. The highest BCUT2D eigenvalue weighted by Crippen LogP contribution is 2.13. The number of anilines is 1. The van der Waals surface area contributed by atoms with Crippen LogP contribution in [-0.2, 0) is 9.59 Å². The van der Waals surface area contributed by atoms with Crippen molar-refractivity contribution in [1.29, 1.82) is 0 Å². The molecule has 1 aromatic rings. The van der Waals surface area contributed by atoms with E-state index in [0.29, 0.717) is 13.0 Å². The Balaban J connectivity index is 2.57. The van der Waals surface area contributed by atoms with Gasteiger partial charge >= 0.3 is 0 Å². The number of carbonyl (C=O) groups excluding carboxylic acids is 2. The van der Waals surface area contributed by atoms with Gasteiger partial charge in [0.05, 0.1) is 0 Å². The quantitative estimate of drug-likeness (QED) is 0.855. The Morgan fingerprint density at radius 2 is 1.89 bits per heavy atom. The average molecular weight is 262 g/mol. The minimum atomic E-state index is -0.0532. The number of amides is 2. The summed E-state index contributed by atoms with van der Waals surface area (Å²) in [5.74, 6) is -0.0703. The van der Waals surface area contributed by atoms with E-state index < -0.39 is 0 Å². The summed E-state index contributed by atoms with van der Waals surface area (Å²) in [6.45, 7) is 5.91. The molecular weight excluding hydrogens is 240 g/mol. The third-order valence-electron chi connectivity index (χ3n) is 3.03. The highest BCUT2D eigenvalue weighted by atomic mass is 16.2. The molecule has 0 saturated carbocycles. The monoisotopic (exact) mass is 262 g/mol. The fourth-order valence-corrected chi connectivity index (χ4v) is 1.74. The van der Waals surface area contributed by atoms with Gasteiger partial charge in [-0.05, 0) is 25.5 Å². The molecule has 0 radical (unpaired) electrons. The molecule has 0 fully saturated rings. The first-order valence-corrected chi connectivity index (χ1v) is 6.67. The van der Waals surface area contributed by atoms with Crippen LogP contribution in [0.3, 0.4) is 0 Å². The zero-order valence-corrected chi connectivity index (χ0v) is 11.8. The molecule has 19 heavy (non-hydrogen) atoms. The second-order valence-electron chi connectivity index (χ2n) is 4.63. The molecule has 1 unspecified atom stereocenters. The standard InChI is InChI=1S/C15H22N2O2/c1-4-12(2)16-15(19)10-11-17(13(3)18)14-8-6-5-7-9-14/h5-9,12H,4,10-11H2,1-3H3,(H,16,19). The first-order valence-electron chi connectivity index (χ1n) is 6.67. The van der Waals surface area contributed by atoms with Crippen LogP contribution in [0.5, 0.6) is 0 Å². The van der Waals surface area contributed by atoms with E-state index >= 15 is 0 Å². The number of para-hydroxylation sites is 1. The molecule has 0 spiro atoms. The Kier molecular flexibility index (Phi) is 6.06. The van der Waals surface area contributed by atoms with Crippen molar-refractivity contribution < 1.29 is 9.59 Å². The Bertz CT molecular complexity index is 417. The Labute approximate surface area is 114 Å². The highest BCUT2D eigenvalue weighted by Gasteiger charge is 2.13. The molecule has 1 N–H and O–H groups in total. The van der Waals surface area contributed by atoms with Gasteiger partial charge in [0.25, 0.3) is 0 Å². The largest absolute Gasteiger partial charge is 0.354 e. The number of benzene rings is 1. The number of hydrogen-bond donors (Lipinski definition) is 1. The molecule has 0 bridgehead atoms. The molecule has 1 atom stereocenters. The summed E-state index contributed by atoms with van der Waals surface area (Å²) < 4.78 is 0. The van der Waals surface area contributed by atoms with Crippen molar-refractivity contribution >= 4 is 17.5 Å². The van der Waals surface area contributed by atoms with E-state index in [0.717, 1.165) is 12.1 Å². The molecule has 0 saturated heterocycles. The van der Waals surface area contributed by atoms with E-state index in [1.165, 1.54) is 6.92 Å². The normalized spacial score (nSPS) is 11.7. The van der Waals surface area contributed by atoms with E-state index in [9.17, 15) is 9.59 Å². The average Bonchev–Trinajstić information content (AvgIpc) is 2.39. The van der Waals surface area contributed by atoms with Gasteiger partial charge in [-0.25, -0.2) is 0 Å². The zero-order chi connectivity index (χ0) is 14.3. The molecule has 4 nitrogen and oxygen atoms in total. The van der Waals surface area contributed by atoms with Crippen LogP contribution in [0, 0.1) is 0 Å². The number of carbonyl (C=O) groups is 2. The van der Waals surface area contributed by atoms with E-state index in [1.54, 1.807) is 4.90 Å². The molecule has 1 rings (SSSR count). The SMILES string of the molecule is CCC(C)NC(=O)CCN(C(C)=O)c1ccccc1. The van der Waals surface area contributed by atoms with Crippen molar-refractivity contribution in [3.8, 4) is 0 Å². The van der Waals surface area contributed by atoms with Gasteiger partial charge in [-0.1, -0.05) is 25.1 Å². The van der Waals surface area contributed by atoms with Crippen molar-refractivity contribution in [2.24, 2.45) is 0 Å². The number of nitrogens with zero attached hydrogens (tertiary/aromatic N) is 1. The smallest absolute Gasteiger partial charge is 0.223 e. The van der Waals surface area contributed by atoms with E-state index in [1.807, 2.05) is 44.2 Å². The number of hydrogen-bond acceptors (Lipinski definition) is 2. The van der Waals surface area contributed by atoms with Crippen LogP contribution < -0.4 is 10.2 Å². The summed E-state index contributed by atoms with van der Waals surface area (Å²) in [5, 5.41) is 2.90. The molecule has 0 aliphatic heterocycles. The number of nitrogens with one attached hydrogen (secondary N) is 1. The summed E-state index contributed by atoms with van der Waals surface area (Å²) in [6, 6.07) is 9.57. The lowest BCUT2D eigenvalue weighted by Gasteiger charge is -2.21. The Hall–Kier alpha value is -1.84. The lowest BCUT2D eigenvalue weighted by molar-refractivity contribution is -0.121. The van der Waals surface area contributed by atoms with Gasteiger partial charge in [-0.15, -0.1) is 0 Å². The Morgan fingerprint density at radius 1 is 1.26 bits per heavy atom. The molecule has 0 heterocycles. The third-order valence-corrected chi connectivity index (χ3v) is 3.03. The zero-order valence-electron chi connectivity index (χ0n) is 11.8. The predicted octanol–water partition coefficient (Wildman–Crippen LogP) is 2.34. The summed E-state index contributed by atoms with van der Waals surface area (Å²) in [6.07, 6.45) is 1.22. The molecule has 2 amide bonds. The summed E-state index contributed by atoms with van der Waals surface area (Å²) in [4.78, 5) is 25.0. The van der Waals surface area contributed by atoms with E-state index in [-0.39, 0.29) is 17.9 Å². The summed E-state index contributed by atoms with van der Waals surface area (Å²) in [5.41, 5.74) is 0.825. The highest BCUT2D eigenvalue weighted by molar-refractivity contribution is 5.92. The molecular formula is C15H22N2O2. The van der Waals surface area contributed by atoms with Crippen molar-refractivity contribution in [3.05, 3.63) is 30.3 Å². The topological polar surface area (TPSA) is 49.4 Å². The lowest BCUT2D eigenvalue weighted by atomic mass is 10.2. The van der Waals surface area contributed by atoms with E-state index in [2.05, 4.69) is 5.32 Å². The van der Waals surface area contributed by atoms with Gasteiger partial charge in [-0.3, -0.25) is 9.59 Å². The van der Waals surface area contributed by atoms with Gasteiger partial charge in [0, 0.05) is 31.6 Å². The fraction of sp³-hybridized carbons (Fsp3) is 0.467. The van der Waals surface area contributed by atoms with Gasteiger partial charge < -0.3 is 10.2 Å². The van der Waals surface area contributed by atoms with Crippen molar-refractivity contribution in [2.75, 3.05) is 11.4 Å². The van der Waals surface area contributed by atoms with Crippen molar-refractivity contribution in [1.82, 2.24) is 5.32 Å². The predicted molar refractivity (Wildman–Crippen MR) is 77.0 cm³/mol. The summed E-state index contributed by atoms with van der Waals surface area (Å²) in [7, 11) is 0. The molecule has 104 valence electrons. The molecule has 4 heteroatoms. The molecule has 0 aliphatic carbocycles. The maximum absolute atomic E-state index is 11.7. The third kappa shape index (κ3) is 5.12. The molecule has 0 aliphatic rings. The van der Waals surface area contributed by atoms with Crippen molar-refractivity contribution in [3.63, 3.8) is 0 Å². The number of rotatable bonds is 6. The lowest BCUT2D eigenvalue weighted by Crippen LogP contribution is -2.36. The van der Waals surface area contributed by atoms with Crippen molar-refractivity contribution in [2.45, 2.75) is 39.7 Å². The minimum Gasteiger partial charge on any atom is -0.354 e. The van der Waals surface area contributed by atoms with Crippen LogP contribution in [0.25, 0.3) is 0 Å². The van der Waals surface area contributed by atoms with Gasteiger partial charge in [0.15, 0.2) is 0 Å². The second-order valence-corrected chi connectivity index (χ2v) is 4.63. The van der Waals surface area contributed by atoms with Crippen LogP contribution in [0.2, 0.25) is 0 Å². The fourth-order valence-electron chi connectivity index (χ4n) is 1.74. The van der Waals surface area contributed by atoms with Gasteiger partial charge in [0.2, 0.25) is 11.8 Å². The maximum Gasteiger partial charge on any atom is 0.223 e. The van der Waals surface area contributed by atoms with Gasteiger partial charge in [0.1, 0.15) is 0 Å². The van der Waals surface area contributed by atoms with E-state index in [4.69, 9.17) is 0 Å². The van der Waals surface area contributed by atoms with Crippen LogP contribution in [0.1, 0.15) is 33.6 Å². The first kappa shape index (κ1) is 15.2. The van der Waals surface area contributed by atoms with Crippen LogP contribution in [0.15, 0.2) is 30.3 Å². The second kappa shape index (κ2) is 7.56. The Morgan fingerprint density at radius 3 is 2.42 bits per heavy atom. The van der Waals surface area contributed by atoms with Crippen LogP contribution in [0.4, 0.5) is 5.69 Å². The molecule has 0 aromatic heterocycles. The first-order chi connectivity index (χ1) is 9.04.